The van der Waals surface area contributed by atoms with Gasteiger partial charge in [0.1, 0.15) is 5.69 Å². The molecule has 2 rings (SSSR count). The molecule has 126 valence electrons. The molecule has 1 heterocycles. The minimum atomic E-state index is -0.493. The van der Waals surface area contributed by atoms with E-state index in [1.165, 1.54) is 12.4 Å². The Morgan fingerprint density at radius 3 is 2.42 bits per heavy atom. The first-order chi connectivity index (χ1) is 11.5. The number of benzene rings is 1. The molecule has 0 aliphatic rings. The molecular weight excluding hydrogens is 306 g/mol. The summed E-state index contributed by atoms with van der Waals surface area (Å²) < 4.78 is 5.19. The summed E-state index contributed by atoms with van der Waals surface area (Å²) in [6.07, 6.45) is 2.79. The van der Waals surface area contributed by atoms with Crippen LogP contribution in [-0.4, -0.2) is 27.9 Å². The lowest BCUT2D eigenvalue weighted by molar-refractivity contribution is -0.147. The zero-order valence-corrected chi connectivity index (χ0v) is 14.0. The number of amides is 1. The van der Waals surface area contributed by atoms with Gasteiger partial charge in [-0.1, -0.05) is 30.3 Å². The second kappa shape index (κ2) is 8.19. The number of carbonyl (C=O) groups is 2. The standard InChI is InChI=1S/C18H21N3O3/c1-12(2)24-17(22)9-15(14-7-5-4-6-8-14)21-18(23)16-11-19-13(3)10-20-16/h4-8,10-12,15H,9H2,1-3H3,(H,21,23). The van der Waals surface area contributed by atoms with Crippen LogP contribution in [-0.2, 0) is 9.53 Å². The molecule has 0 radical (unpaired) electrons. The molecule has 1 atom stereocenters. The van der Waals surface area contributed by atoms with Crippen molar-refractivity contribution in [1.29, 1.82) is 0 Å². The largest absolute Gasteiger partial charge is 0.463 e. The van der Waals surface area contributed by atoms with Crippen LogP contribution in [0.2, 0.25) is 0 Å². The maximum Gasteiger partial charge on any atom is 0.308 e. The van der Waals surface area contributed by atoms with Gasteiger partial charge in [0.2, 0.25) is 0 Å². The molecule has 6 nitrogen and oxygen atoms in total. The lowest BCUT2D eigenvalue weighted by Gasteiger charge is -2.19. The summed E-state index contributed by atoms with van der Waals surface area (Å²) in [7, 11) is 0. The highest BCUT2D eigenvalue weighted by molar-refractivity contribution is 5.92. The lowest BCUT2D eigenvalue weighted by atomic mass is 10.0. The predicted molar refractivity (Wildman–Crippen MR) is 89.3 cm³/mol. The summed E-state index contributed by atoms with van der Waals surface area (Å²) in [5, 5.41) is 2.83. The summed E-state index contributed by atoms with van der Waals surface area (Å²) >= 11 is 0. The van der Waals surface area contributed by atoms with E-state index >= 15 is 0 Å². The Balaban J connectivity index is 2.15. The minimum Gasteiger partial charge on any atom is -0.463 e. The maximum absolute atomic E-state index is 12.4. The average Bonchev–Trinajstić information content (AvgIpc) is 2.55. The summed E-state index contributed by atoms with van der Waals surface area (Å²) in [6.45, 7) is 5.37. The van der Waals surface area contributed by atoms with E-state index in [-0.39, 0.29) is 30.1 Å². The van der Waals surface area contributed by atoms with Gasteiger partial charge in [0.05, 0.1) is 30.5 Å². The van der Waals surface area contributed by atoms with Crippen LogP contribution >= 0.6 is 0 Å². The van der Waals surface area contributed by atoms with E-state index in [1.807, 2.05) is 30.3 Å². The van der Waals surface area contributed by atoms with E-state index < -0.39 is 6.04 Å². The smallest absolute Gasteiger partial charge is 0.308 e. The fourth-order valence-electron chi connectivity index (χ4n) is 2.16. The van der Waals surface area contributed by atoms with Crippen LogP contribution in [0.25, 0.3) is 0 Å². The fourth-order valence-corrected chi connectivity index (χ4v) is 2.16. The van der Waals surface area contributed by atoms with Gasteiger partial charge in [-0.05, 0) is 26.3 Å². The quantitative estimate of drug-likeness (QED) is 0.825. The van der Waals surface area contributed by atoms with E-state index in [1.54, 1.807) is 20.8 Å². The van der Waals surface area contributed by atoms with Crippen LogP contribution in [0.1, 0.15) is 48.1 Å². The molecule has 1 N–H and O–H groups in total. The van der Waals surface area contributed by atoms with Crippen LogP contribution in [0.5, 0.6) is 0 Å². The van der Waals surface area contributed by atoms with Crippen molar-refractivity contribution in [3.05, 3.63) is 59.7 Å². The number of esters is 1. The normalized spacial score (nSPS) is 11.8. The van der Waals surface area contributed by atoms with Gasteiger partial charge in [-0.2, -0.15) is 0 Å². The Kier molecular flexibility index (Phi) is 6.01. The van der Waals surface area contributed by atoms with Crippen molar-refractivity contribution in [2.75, 3.05) is 0 Å². The summed E-state index contributed by atoms with van der Waals surface area (Å²) in [6, 6.07) is 8.80. The van der Waals surface area contributed by atoms with Gasteiger partial charge in [-0.25, -0.2) is 4.98 Å². The number of hydrogen-bond acceptors (Lipinski definition) is 5. The van der Waals surface area contributed by atoms with Crippen molar-refractivity contribution in [2.24, 2.45) is 0 Å². The van der Waals surface area contributed by atoms with Gasteiger partial charge >= 0.3 is 5.97 Å². The first-order valence-corrected chi connectivity index (χ1v) is 7.79. The number of nitrogens with one attached hydrogen (secondary N) is 1. The van der Waals surface area contributed by atoms with Gasteiger partial charge in [0, 0.05) is 6.20 Å². The number of carbonyl (C=O) groups excluding carboxylic acids is 2. The van der Waals surface area contributed by atoms with E-state index in [0.29, 0.717) is 0 Å². The van der Waals surface area contributed by atoms with Crippen molar-refractivity contribution < 1.29 is 14.3 Å². The first kappa shape index (κ1) is 17.6. The molecule has 0 saturated carbocycles. The second-order valence-corrected chi connectivity index (χ2v) is 5.72. The Morgan fingerprint density at radius 2 is 1.83 bits per heavy atom. The van der Waals surface area contributed by atoms with E-state index in [2.05, 4.69) is 15.3 Å². The molecule has 6 heteroatoms. The maximum atomic E-state index is 12.4. The molecule has 0 aliphatic carbocycles. The zero-order valence-electron chi connectivity index (χ0n) is 14.0. The van der Waals surface area contributed by atoms with E-state index in [4.69, 9.17) is 4.74 Å². The third-order valence-corrected chi connectivity index (χ3v) is 3.26. The summed E-state index contributed by atoms with van der Waals surface area (Å²) in [4.78, 5) is 32.5. The van der Waals surface area contributed by atoms with Crippen LogP contribution in [0.4, 0.5) is 0 Å². The van der Waals surface area contributed by atoms with Gasteiger partial charge in [-0.15, -0.1) is 0 Å². The van der Waals surface area contributed by atoms with Crippen LogP contribution in [0, 0.1) is 6.92 Å². The zero-order chi connectivity index (χ0) is 17.5. The highest BCUT2D eigenvalue weighted by atomic mass is 16.5. The molecular formula is C18H21N3O3. The summed E-state index contributed by atoms with van der Waals surface area (Å²) in [5.41, 5.74) is 1.76. The summed E-state index contributed by atoms with van der Waals surface area (Å²) in [5.74, 6) is -0.747. The van der Waals surface area contributed by atoms with Gasteiger partial charge in [-0.3, -0.25) is 14.6 Å². The molecule has 1 unspecified atom stereocenters. The van der Waals surface area contributed by atoms with Gasteiger partial charge in [0.25, 0.3) is 5.91 Å². The van der Waals surface area contributed by atoms with Crippen LogP contribution in [0.3, 0.4) is 0 Å². The number of ether oxygens (including phenoxy) is 1. The van der Waals surface area contributed by atoms with Gasteiger partial charge in [0.15, 0.2) is 0 Å². The third kappa shape index (κ3) is 5.15. The first-order valence-electron chi connectivity index (χ1n) is 7.79. The lowest BCUT2D eigenvalue weighted by Crippen LogP contribution is -2.31. The fraction of sp³-hybridized carbons (Fsp3) is 0.333. The van der Waals surface area contributed by atoms with Crippen molar-refractivity contribution in [2.45, 2.75) is 39.3 Å². The van der Waals surface area contributed by atoms with Crippen LogP contribution in [0.15, 0.2) is 42.7 Å². The van der Waals surface area contributed by atoms with Crippen molar-refractivity contribution in [3.8, 4) is 0 Å². The van der Waals surface area contributed by atoms with Crippen molar-refractivity contribution in [3.63, 3.8) is 0 Å². The van der Waals surface area contributed by atoms with E-state index in [9.17, 15) is 9.59 Å². The number of aromatic nitrogens is 2. The Hall–Kier alpha value is -2.76. The Morgan fingerprint density at radius 1 is 1.12 bits per heavy atom. The third-order valence-electron chi connectivity index (χ3n) is 3.26. The average molecular weight is 327 g/mol. The molecule has 0 spiro atoms. The molecule has 0 aliphatic heterocycles. The van der Waals surface area contributed by atoms with Crippen LogP contribution < -0.4 is 5.32 Å². The number of rotatable bonds is 6. The van der Waals surface area contributed by atoms with Gasteiger partial charge < -0.3 is 10.1 Å². The molecule has 24 heavy (non-hydrogen) atoms. The highest BCUT2D eigenvalue weighted by Crippen LogP contribution is 2.18. The number of nitrogens with zero attached hydrogens (tertiary/aromatic N) is 2. The number of hydrogen-bond donors (Lipinski definition) is 1. The molecule has 2 aromatic rings. The Bertz CT molecular complexity index is 684. The van der Waals surface area contributed by atoms with E-state index in [0.717, 1.165) is 11.3 Å². The minimum absolute atomic E-state index is 0.0488. The number of aryl methyl sites for hydroxylation is 1. The molecule has 0 saturated heterocycles. The molecule has 1 amide bonds. The monoisotopic (exact) mass is 327 g/mol. The molecule has 1 aromatic carbocycles. The van der Waals surface area contributed by atoms with Crippen molar-refractivity contribution in [1.82, 2.24) is 15.3 Å². The van der Waals surface area contributed by atoms with Crippen molar-refractivity contribution >= 4 is 11.9 Å². The highest BCUT2D eigenvalue weighted by Gasteiger charge is 2.21. The predicted octanol–water partition coefficient (Wildman–Crippen LogP) is 2.60. The second-order valence-electron chi connectivity index (χ2n) is 5.72. The SMILES string of the molecule is Cc1cnc(C(=O)NC(CC(=O)OC(C)C)c2ccccc2)cn1. The Labute approximate surface area is 141 Å². The topological polar surface area (TPSA) is 81.2 Å². The molecule has 0 fully saturated rings. The molecule has 1 aromatic heterocycles. The molecule has 0 bridgehead atoms.